The van der Waals surface area contributed by atoms with Crippen LogP contribution in [0.3, 0.4) is 0 Å². The van der Waals surface area contributed by atoms with E-state index < -0.39 is 11.9 Å². The third-order valence-electron chi connectivity index (χ3n) is 3.85. The highest BCUT2D eigenvalue weighted by atomic mass is 79.9. The lowest BCUT2D eigenvalue weighted by molar-refractivity contribution is -0.142. The van der Waals surface area contributed by atoms with Crippen molar-refractivity contribution in [2.45, 2.75) is 38.1 Å². The number of carbonyl (C=O) groups is 2. The summed E-state index contributed by atoms with van der Waals surface area (Å²) in [5, 5.41) is 12.5. The van der Waals surface area contributed by atoms with Crippen molar-refractivity contribution in [3.63, 3.8) is 0 Å². The van der Waals surface area contributed by atoms with Gasteiger partial charge in [0.2, 0.25) is 0 Å². The Hall–Kier alpha value is -1.07. The Balaban J connectivity index is 2.16. The highest BCUT2D eigenvalue weighted by Gasteiger charge is 2.31. The van der Waals surface area contributed by atoms with Crippen LogP contribution in [0.5, 0.6) is 0 Å². The molecule has 1 amide bonds. The SMILES string of the molecule is O=C(N[C@H]1CCCCC[C@H]1C(=O)O)c1cccc(Br)c1Cl. The second kappa shape index (κ2) is 7.27. The molecule has 4 nitrogen and oxygen atoms in total. The van der Waals surface area contributed by atoms with Crippen molar-refractivity contribution in [3.8, 4) is 0 Å². The van der Waals surface area contributed by atoms with Gasteiger partial charge in [0.25, 0.3) is 5.91 Å². The van der Waals surface area contributed by atoms with Gasteiger partial charge >= 0.3 is 5.97 Å². The molecule has 0 aromatic heterocycles. The number of carbonyl (C=O) groups excluding carboxylic acids is 1. The molecule has 1 fully saturated rings. The Morgan fingerprint density at radius 1 is 1.24 bits per heavy atom. The van der Waals surface area contributed by atoms with Crippen LogP contribution in [0.4, 0.5) is 0 Å². The number of benzene rings is 1. The summed E-state index contributed by atoms with van der Waals surface area (Å²) in [7, 11) is 0. The van der Waals surface area contributed by atoms with E-state index >= 15 is 0 Å². The molecule has 0 heterocycles. The molecule has 114 valence electrons. The van der Waals surface area contributed by atoms with Crippen LogP contribution in [-0.2, 0) is 4.79 Å². The Morgan fingerprint density at radius 2 is 1.95 bits per heavy atom. The van der Waals surface area contributed by atoms with Gasteiger partial charge in [0.15, 0.2) is 0 Å². The molecule has 1 saturated carbocycles. The lowest BCUT2D eigenvalue weighted by Gasteiger charge is -2.23. The van der Waals surface area contributed by atoms with Crippen molar-refractivity contribution < 1.29 is 14.7 Å². The van der Waals surface area contributed by atoms with Crippen LogP contribution in [0.1, 0.15) is 42.5 Å². The fraction of sp³-hybridized carbons (Fsp3) is 0.467. The topological polar surface area (TPSA) is 66.4 Å². The first-order chi connectivity index (χ1) is 10.0. The third-order valence-corrected chi connectivity index (χ3v) is 5.14. The van der Waals surface area contributed by atoms with Crippen molar-refractivity contribution in [2.75, 3.05) is 0 Å². The first-order valence-electron chi connectivity index (χ1n) is 6.98. The third kappa shape index (κ3) is 3.98. The number of rotatable bonds is 3. The summed E-state index contributed by atoms with van der Waals surface area (Å²) in [5.41, 5.74) is 0.361. The molecular weight excluding hydrogens is 358 g/mol. The van der Waals surface area contributed by atoms with Crippen LogP contribution >= 0.6 is 27.5 Å². The molecule has 0 bridgehead atoms. The minimum atomic E-state index is -0.845. The number of hydrogen-bond acceptors (Lipinski definition) is 2. The smallest absolute Gasteiger partial charge is 0.308 e. The van der Waals surface area contributed by atoms with Gasteiger partial charge in [-0.15, -0.1) is 0 Å². The van der Waals surface area contributed by atoms with Gasteiger partial charge in [-0.05, 0) is 40.9 Å². The number of hydrogen-bond donors (Lipinski definition) is 2. The van der Waals surface area contributed by atoms with Crippen molar-refractivity contribution >= 4 is 39.4 Å². The minimum absolute atomic E-state index is 0.320. The summed E-state index contributed by atoms with van der Waals surface area (Å²) in [6.45, 7) is 0. The van der Waals surface area contributed by atoms with E-state index in [1.54, 1.807) is 18.2 Å². The molecule has 2 N–H and O–H groups in total. The van der Waals surface area contributed by atoms with Gasteiger partial charge in [0.1, 0.15) is 0 Å². The molecule has 1 aromatic rings. The molecule has 2 rings (SSSR count). The number of halogens is 2. The predicted molar refractivity (Wildman–Crippen MR) is 84.6 cm³/mol. The Morgan fingerprint density at radius 3 is 2.67 bits per heavy atom. The Bertz CT molecular complexity index is 550. The van der Waals surface area contributed by atoms with Crippen molar-refractivity contribution in [1.82, 2.24) is 5.32 Å². The summed E-state index contributed by atoms with van der Waals surface area (Å²) < 4.78 is 0.646. The second-order valence-electron chi connectivity index (χ2n) is 5.26. The van der Waals surface area contributed by atoms with Crippen LogP contribution in [-0.4, -0.2) is 23.0 Å². The zero-order chi connectivity index (χ0) is 15.4. The lowest BCUT2D eigenvalue weighted by Crippen LogP contribution is -2.42. The van der Waals surface area contributed by atoms with E-state index in [9.17, 15) is 14.7 Å². The van der Waals surface area contributed by atoms with E-state index in [2.05, 4.69) is 21.2 Å². The number of carboxylic acid groups (broad SMARTS) is 1. The summed E-state index contributed by atoms with van der Waals surface area (Å²) in [4.78, 5) is 23.7. The summed E-state index contributed by atoms with van der Waals surface area (Å²) in [6, 6.07) is 4.78. The normalized spacial score (nSPS) is 22.4. The van der Waals surface area contributed by atoms with Crippen LogP contribution in [0, 0.1) is 5.92 Å². The number of nitrogens with one attached hydrogen (secondary N) is 1. The maximum absolute atomic E-state index is 12.4. The van der Waals surface area contributed by atoms with Crippen LogP contribution in [0.25, 0.3) is 0 Å². The summed E-state index contributed by atoms with van der Waals surface area (Å²) in [6.07, 6.45) is 4.12. The largest absolute Gasteiger partial charge is 0.481 e. The fourth-order valence-corrected chi connectivity index (χ4v) is 3.28. The first-order valence-corrected chi connectivity index (χ1v) is 8.15. The molecule has 2 atom stereocenters. The molecular formula is C15H17BrClNO3. The van der Waals surface area contributed by atoms with Crippen molar-refractivity contribution in [1.29, 1.82) is 0 Å². The monoisotopic (exact) mass is 373 g/mol. The molecule has 21 heavy (non-hydrogen) atoms. The molecule has 1 aliphatic rings. The van der Waals surface area contributed by atoms with E-state index in [1.165, 1.54) is 0 Å². The van der Waals surface area contributed by atoms with E-state index in [0.717, 1.165) is 19.3 Å². The van der Waals surface area contributed by atoms with Crippen molar-refractivity contribution in [3.05, 3.63) is 33.3 Å². The Labute approximate surface area is 137 Å². The highest BCUT2D eigenvalue weighted by Crippen LogP contribution is 2.28. The van der Waals surface area contributed by atoms with E-state index in [4.69, 9.17) is 11.6 Å². The number of amides is 1. The maximum atomic E-state index is 12.4. The lowest BCUT2D eigenvalue weighted by atomic mass is 9.94. The predicted octanol–water partition coefficient (Wildman–Crippen LogP) is 3.87. The molecule has 6 heteroatoms. The standard InChI is InChI=1S/C15H17BrClNO3/c16-11-7-4-6-10(13(11)17)14(19)18-12-8-3-1-2-5-9(12)15(20)21/h4,6-7,9,12H,1-3,5,8H2,(H,18,19)(H,20,21)/t9-,12+/m1/s1. The summed E-state index contributed by atoms with van der Waals surface area (Å²) in [5.74, 6) is -1.69. The van der Waals surface area contributed by atoms with E-state index in [1.807, 2.05) is 0 Å². The average Bonchev–Trinajstić information content (AvgIpc) is 2.67. The van der Waals surface area contributed by atoms with E-state index in [-0.39, 0.29) is 11.9 Å². The Kier molecular flexibility index (Phi) is 5.65. The first kappa shape index (κ1) is 16.3. The molecule has 1 aliphatic carbocycles. The fourth-order valence-electron chi connectivity index (χ4n) is 2.70. The van der Waals surface area contributed by atoms with Gasteiger partial charge in [-0.2, -0.15) is 0 Å². The average molecular weight is 375 g/mol. The van der Waals surface area contributed by atoms with Crippen LogP contribution in [0.15, 0.2) is 22.7 Å². The maximum Gasteiger partial charge on any atom is 0.308 e. The van der Waals surface area contributed by atoms with Crippen molar-refractivity contribution in [2.24, 2.45) is 5.92 Å². The molecule has 0 spiro atoms. The quantitative estimate of drug-likeness (QED) is 0.789. The molecule has 0 aliphatic heterocycles. The zero-order valence-electron chi connectivity index (χ0n) is 11.4. The van der Waals surface area contributed by atoms with Gasteiger partial charge in [0, 0.05) is 10.5 Å². The zero-order valence-corrected chi connectivity index (χ0v) is 13.8. The molecule has 1 aromatic carbocycles. The number of aliphatic carboxylic acids is 1. The van der Waals surface area contributed by atoms with Gasteiger partial charge in [-0.3, -0.25) is 9.59 Å². The number of carboxylic acids is 1. The summed E-state index contributed by atoms with van der Waals surface area (Å²) >= 11 is 9.39. The minimum Gasteiger partial charge on any atom is -0.481 e. The molecule has 0 radical (unpaired) electrons. The van der Waals surface area contributed by atoms with Gasteiger partial charge in [-0.25, -0.2) is 0 Å². The van der Waals surface area contributed by atoms with Gasteiger partial charge in [-0.1, -0.05) is 36.9 Å². The molecule has 0 saturated heterocycles. The van der Waals surface area contributed by atoms with Crippen LogP contribution in [0.2, 0.25) is 5.02 Å². The highest BCUT2D eigenvalue weighted by molar-refractivity contribution is 9.10. The van der Waals surface area contributed by atoms with Crippen LogP contribution < -0.4 is 5.32 Å². The van der Waals surface area contributed by atoms with E-state index in [0.29, 0.717) is 27.9 Å². The molecule has 0 unspecified atom stereocenters. The second-order valence-corrected chi connectivity index (χ2v) is 6.50. The van der Waals surface area contributed by atoms with Gasteiger partial charge < -0.3 is 10.4 Å². The van der Waals surface area contributed by atoms with Gasteiger partial charge in [0.05, 0.1) is 16.5 Å².